The van der Waals surface area contributed by atoms with E-state index in [0.717, 1.165) is 39.0 Å². The van der Waals surface area contributed by atoms with Crippen molar-refractivity contribution in [1.82, 2.24) is 14.5 Å². The van der Waals surface area contributed by atoms with Crippen LogP contribution in [0.25, 0.3) is 0 Å². The molecule has 0 aromatic carbocycles. The maximum atomic E-state index is 9.54. The summed E-state index contributed by atoms with van der Waals surface area (Å²) in [5.74, 6) is 0.514. The zero-order valence-corrected chi connectivity index (χ0v) is 10.6. The topological polar surface area (TPSA) is 41.3 Å². The molecule has 0 saturated carbocycles. The molecule has 96 valence electrons. The zero-order chi connectivity index (χ0) is 12.1. The number of rotatable bonds is 5. The fourth-order valence-corrected chi connectivity index (χ4v) is 2.55. The molecule has 0 spiro atoms. The number of imidazole rings is 1. The highest BCUT2D eigenvalue weighted by molar-refractivity contribution is 4.77. The van der Waals surface area contributed by atoms with E-state index in [2.05, 4.69) is 14.5 Å². The molecular formula is C13H23N3O. The molecule has 1 aromatic heterocycles. The zero-order valence-electron chi connectivity index (χ0n) is 10.6. The Kier molecular flexibility index (Phi) is 4.57. The highest BCUT2D eigenvalue weighted by Gasteiger charge is 2.21. The first-order valence-electron chi connectivity index (χ1n) is 6.62. The Bertz CT molecular complexity index is 302. The SMILES string of the molecule is CC(O)C1CCN(CCCn2ccnc2)CC1. The Labute approximate surface area is 103 Å². The van der Waals surface area contributed by atoms with Crippen LogP contribution >= 0.6 is 0 Å². The molecule has 1 N–H and O–H groups in total. The molecule has 0 aliphatic carbocycles. The molecule has 2 rings (SSSR count). The van der Waals surface area contributed by atoms with E-state index in [9.17, 15) is 5.11 Å². The van der Waals surface area contributed by atoms with E-state index in [1.165, 1.54) is 6.42 Å². The van der Waals surface area contributed by atoms with E-state index in [4.69, 9.17) is 0 Å². The van der Waals surface area contributed by atoms with E-state index < -0.39 is 0 Å². The normalized spacial score (nSPS) is 20.6. The third-order valence-corrected chi connectivity index (χ3v) is 3.76. The monoisotopic (exact) mass is 237 g/mol. The Balaban J connectivity index is 1.62. The lowest BCUT2D eigenvalue weighted by Gasteiger charge is -2.33. The Morgan fingerprint density at radius 1 is 1.35 bits per heavy atom. The first-order chi connectivity index (χ1) is 8.25. The second-order valence-corrected chi connectivity index (χ2v) is 5.07. The highest BCUT2D eigenvalue weighted by atomic mass is 16.3. The second-order valence-electron chi connectivity index (χ2n) is 5.07. The van der Waals surface area contributed by atoms with Crippen LogP contribution in [0.1, 0.15) is 26.2 Å². The minimum absolute atomic E-state index is 0.136. The Morgan fingerprint density at radius 3 is 2.71 bits per heavy atom. The van der Waals surface area contributed by atoms with E-state index in [-0.39, 0.29) is 6.10 Å². The van der Waals surface area contributed by atoms with Gasteiger partial charge in [-0.05, 0) is 51.7 Å². The van der Waals surface area contributed by atoms with E-state index >= 15 is 0 Å². The number of hydrogen-bond donors (Lipinski definition) is 1. The molecule has 17 heavy (non-hydrogen) atoms. The number of nitrogens with zero attached hydrogens (tertiary/aromatic N) is 3. The van der Waals surface area contributed by atoms with Crippen molar-refractivity contribution in [3.63, 3.8) is 0 Å². The van der Waals surface area contributed by atoms with Gasteiger partial charge in [-0.15, -0.1) is 0 Å². The molecule has 1 aliphatic heterocycles. The summed E-state index contributed by atoms with van der Waals surface area (Å²) in [5, 5.41) is 9.54. The van der Waals surface area contributed by atoms with Crippen molar-refractivity contribution < 1.29 is 5.11 Å². The van der Waals surface area contributed by atoms with E-state index in [1.54, 1.807) is 0 Å². The van der Waals surface area contributed by atoms with Gasteiger partial charge in [0.1, 0.15) is 0 Å². The van der Waals surface area contributed by atoms with Crippen molar-refractivity contribution in [2.75, 3.05) is 19.6 Å². The summed E-state index contributed by atoms with van der Waals surface area (Å²) in [6.45, 7) is 6.40. The lowest BCUT2D eigenvalue weighted by molar-refractivity contribution is 0.0712. The quantitative estimate of drug-likeness (QED) is 0.841. The van der Waals surface area contributed by atoms with Crippen LogP contribution in [0, 0.1) is 5.92 Å². The fourth-order valence-electron chi connectivity index (χ4n) is 2.55. The minimum Gasteiger partial charge on any atom is -0.393 e. The van der Waals surface area contributed by atoms with Crippen LogP contribution in [0.4, 0.5) is 0 Å². The summed E-state index contributed by atoms with van der Waals surface area (Å²) >= 11 is 0. The van der Waals surface area contributed by atoms with Gasteiger partial charge in [-0.25, -0.2) is 4.98 Å². The van der Waals surface area contributed by atoms with E-state index in [1.807, 2.05) is 25.6 Å². The summed E-state index contributed by atoms with van der Waals surface area (Å²) in [7, 11) is 0. The van der Waals surface area contributed by atoms with Crippen molar-refractivity contribution in [1.29, 1.82) is 0 Å². The molecule has 4 nitrogen and oxygen atoms in total. The maximum absolute atomic E-state index is 9.54. The van der Waals surface area contributed by atoms with Crippen molar-refractivity contribution in [3.05, 3.63) is 18.7 Å². The fraction of sp³-hybridized carbons (Fsp3) is 0.769. The number of aromatic nitrogens is 2. The number of aliphatic hydroxyl groups is 1. The van der Waals surface area contributed by atoms with Crippen LogP contribution in [0.5, 0.6) is 0 Å². The number of hydrogen-bond acceptors (Lipinski definition) is 3. The van der Waals surface area contributed by atoms with Gasteiger partial charge in [-0.2, -0.15) is 0 Å². The van der Waals surface area contributed by atoms with Gasteiger partial charge < -0.3 is 14.6 Å². The summed E-state index contributed by atoms with van der Waals surface area (Å²) in [6, 6.07) is 0. The standard InChI is InChI=1S/C13H23N3O/c1-12(17)13-3-8-15(9-4-13)6-2-7-16-10-5-14-11-16/h5,10-13,17H,2-4,6-9H2,1H3. The van der Waals surface area contributed by atoms with Gasteiger partial charge in [0.25, 0.3) is 0 Å². The van der Waals surface area contributed by atoms with E-state index in [0.29, 0.717) is 5.92 Å². The maximum Gasteiger partial charge on any atom is 0.0945 e. The molecule has 0 amide bonds. The first-order valence-corrected chi connectivity index (χ1v) is 6.62. The highest BCUT2D eigenvalue weighted by Crippen LogP contribution is 2.20. The van der Waals surface area contributed by atoms with Crippen LogP contribution in [0.15, 0.2) is 18.7 Å². The van der Waals surface area contributed by atoms with Gasteiger partial charge in [0.05, 0.1) is 12.4 Å². The Hall–Kier alpha value is -0.870. The van der Waals surface area contributed by atoms with Crippen molar-refractivity contribution >= 4 is 0 Å². The number of piperidine rings is 1. The van der Waals surface area contributed by atoms with Gasteiger partial charge in [0.2, 0.25) is 0 Å². The lowest BCUT2D eigenvalue weighted by atomic mass is 9.92. The largest absolute Gasteiger partial charge is 0.393 e. The second kappa shape index (κ2) is 6.17. The molecule has 1 saturated heterocycles. The molecule has 2 heterocycles. The molecular weight excluding hydrogens is 214 g/mol. The number of aliphatic hydroxyl groups excluding tert-OH is 1. The molecule has 1 atom stereocenters. The summed E-state index contributed by atoms with van der Waals surface area (Å²) in [6.07, 6.45) is 9.04. The molecule has 1 aliphatic rings. The first kappa shape index (κ1) is 12.6. The molecule has 1 aromatic rings. The summed E-state index contributed by atoms with van der Waals surface area (Å²) in [4.78, 5) is 6.55. The lowest BCUT2D eigenvalue weighted by Crippen LogP contribution is -2.37. The minimum atomic E-state index is -0.136. The van der Waals surface area contributed by atoms with Crippen molar-refractivity contribution in [2.24, 2.45) is 5.92 Å². The average molecular weight is 237 g/mol. The van der Waals surface area contributed by atoms with Crippen LogP contribution in [-0.4, -0.2) is 45.3 Å². The average Bonchev–Trinajstić information content (AvgIpc) is 2.83. The molecule has 4 heteroatoms. The third kappa shape index (κ3) is 3.82. The Morgan fingerprint density at radius 2 is 2.12 bits per heavy atom. The third-order valence-electron chi connectivity index (χ3n) is 3.76. The van der Waals surface area contributed by atoms with Gasteiger partial charge >= 0.3 is 0 Å². The summed E-state index contributed by atoms with van der Waals surface area (Å²) < 4.78 is 2.13. The molecule has 1 unspecified atom stereocenters. The van der Waals surface area contributed by atoms with Gasteiger partial charge in [0.15, 0.2) is 0 Å². The van der Waals surface area contributed by atoms with Crippen molar-refractivity contribution in [3.8, 4) is 0 Å². The predicted octanol–water partition coefficient (Wildman–Crippen LogP) is 1.37. The molecule has 0 radical (unpaired) electrons. The van der Waals surface area contributed by atoms with Gasteiger partial charge in [0, 0.05) is 18.9 Å². The predicted molar refractivity (Wildman–Crippen MR) is 67.7 cm³/mol. The smallest absolute Gasteiger partial charge is 0.0945 e. The van der Waals surface area contributed by atoms with Gasteiger partial charge in [-0.1, -0.05) is 0 Å². The van der Waals surface area contributed by atoms with Crippen LogP contribution < -0.4 is 0 Å². The van der Waals surface area contributed by atoms with Crippen LogP contribution in [0.2, 0.25) is 0 Å². The van der Waals surface area contributed by atoms with Crippen molar-refractivity contribution in [2.45, 2.75) is 38.8 Å². The summed E-state index contributed by atoms with van der Waals surface area (Å²) in [5.41, 5.74) is 0. The number of aryl methyl sites for hydroxylation is 1. The van der Waals surface area contributed by atoms with Gasteiger partial charge in [-0.3, -0.25) is 0 Å². The molecule has 0 bridgehead atoms. The molecule has 1 fully saturated rings. The van der Waals surface area contributed by atoms with Crippen LogP contribution in [-0.2, 0) is 6.54 Å². The number of likely N-dealkylation sites (tertiary alicyclic amines) is 1. The van der Waals surface area contributed by atoms with Crippen LogP contribution in [0.3, 0.4) is 0 Å².